The fraction of sp³-hybridized carbons (Fsp3) is 0.529. The molecule has 2 aliphatic rings. The van der Waals surface area contributed by atoms with E-state index in [9.17, 15) is 19.5 Å². The minimum Gasteiger partial charge on any atom is -0.481 e. The van der Waals surface area contributed by atoms with Crippen molar-refractivity contribution >= 4 is 69.4 Å². The van der Waals surface area contributed by atoms with Crippen molar-refractivity contribution in [1.82, 2.24) is 25.5 Å². The van der Waals surface area contributed by atoms with E-state index < -0.39 is 22.7 Å². The molecule has 0 radical (unpaired) electrons. The highest BCUT2D eigenvalue weighted by Crippen LogP contribution is 2.49. The molecule has 4 rings (SSSR count). The van der Waals surface area contributed by atoms with Gasteiger partial charge in [-0.15, -0.1) is 33.3 Å². The number of tetrazole rings is 1. The molecule has 0 spiro atoms. The molecule has 4 heterocycles. The Morgan fingerprint density at radius 3 is 2.94 bits per heavy atom. The fourth-order valence-corrected chi connectivity index (χ4v) is 7.68. The lowest BCUT2D eigenvalue weighted by atomic mass is 9.84. The van der Waals surface area contributed by atoms with Crippen LogP contribution in [0.4, 0.5) is 5.00 Å². The van der Waals surface area contributed by atoms with Gasteiger partial charge in [-0.2, -0.15) is 17.0 Å². The second-order valence-electron chi connectivity index (χ2n) is 7.18. The number of fused-ring (bicyclic) bond motifs is 1. The van der Waals surface area contributed by atoms with E-state index in [0.717, 1.165) is 5.00 Å². The van der Waals surface area contributed by atoms with Crippen LogP contribution >= 0.6 is 46.6 Å². The Hall–Kier alpha value is -1.77. The number of aromatic amines is 1. The second kappa shape index (κ2) is 9.00. The highest BCUT2D eigenvalue weighted by molar-refractivity contribution is 8.01. The Morgan fingerprint density at radius 2 is 2.32 bits per heavy atom. The molecule has 10 nitrogen and oxygen atoms in total. The maximum Gasteiger partial charge on any atom is 0.313 e. The number of thiophene rings is 1. The maximum atomic E-state index is 13.2. The van der Waals surface area contributed by atoms with Crippen LogP contribution in [0.1, 0.15) is 6.92 Å². The summed E-state index contributed by atoms with van der Waals surface area (Å²) >= 11 is 5.45. The highest BCUT2D eigenvalue weighted by atomic mass is 32.2. The number of carbonyl (C=O) groups excluding carboxylic acids is 2. The summed E-state index contributed by atoms with van der Waals surface area (Å²) in [6, 6.07) is 3.06. The lowest BCUT2D eigenvalue weighted by Crippen LogP contribution is -2.75. The van der Waals surface area contributed by atoms with Gasteiger partial charge in [0.1, 0.15) is 16.8 Å². The summed E-state index contributed by atoms with van der Waals surface area (Å²) in [5.74, 6) is -0.719. The summed E-state index contributed by atoms with van der Waals surface area (Å²) in [5.41, 5.74) is -1.16. The van der Waals surface area contributed by atoms with E-state index in [4.69, 9.17) is 0 Å². The number of amides is 2. The third-order valence-electron chi connectivity index (χ3n) is 5.45. The highest BCUT2D eigenvalue weighted by Gasteiger charge is 2.61. The molecular formula is C17H20N6O4S4. The molecule has 0 bridgehead atoms. The zero-order valence-corrected chi connectivity index (χ0v) is 19.9. The molecule has 0 aliphatic carbocycles. The molecule has 2 aliphatic heterocycles. The van der Waals surface area contributed by atoms with E-state index >= 15 is 0 Å². The molecule has 3 unspecified atom stereocenters. The molecule has 0 saturated carbocycles. The number of H-pyrrole nitrogens is 1. The number of carbonyl (C=O) groups is 3. The molecule has 2 fully saturated rings. The van der Waals surface area contributed by atoms with Crippen LogP contribution in [0.5, 0.6) is 0 Å². The molecule has 2 saturated heterocycles. The Kier molecular flexibility index (Phi) is 6.51. The predicted octanol–water partition coefficient (Wildman–Crippen LogP) is 1.49. The molecule has 166 valence electrons. The molecule has 2 amide bonds. The van der Waals surface area contributed by atoms with Crippen molar-refractivity contribution in [3.8, 4) is 0 Å². The molecule has 2 N–H and O–H groups in total. The number of rotatable bonds is 8. The predicted molar refractivity (Wildman–Crippen MR) is 121 cm³/mol. The smallest absolute Gasteiger partial charge is 0.313 e. The molecule has 14 heteroatoms. The molecule has 31 heavy (non-hydrogen) atoms. The van der Waals surface area contributed by atoms with Crippen molar-refractivity contribution in [2.24, 2.45) is 5.41 Å². The van der Waals surface area contributed by atoms with E-state index in [1.807, 2.05) is 23.8 Å². The number of anilines is 1. The van der Waals surface area contributed by atoms with Gasteiger partial charge in [-0.05, 0) is 29.0 Å². The first-order valence-corrected chi connectivity index (χ1v) is 13.5. The van der Waals surface area contributed by atoms with Gasteiger partial charge in [0.25, 0.3) is 0 Å². The Morgan fingerprint density at radius 1 is 1.52 bits per heavy atom. The van der Waals surface area contributed by atoms with Crippen molar-refractivity contribution < 1.29 is 19.5 Å². The van der Waals surface area contributed by atoms with Gasteiger partial charge < -0.3 is 10.0 Å². The fourth-order valence-electron chi connectivity index (χ4n) is 3.71. The minimum atomic E-state index is -1.16. The number of nitrogens with one attached hydrogen (secondary N) is 1. The Bertz CT molecular complexity index is 958. The average molecular weight is 501 g/mol. The van der Waals surface area contributed by atoms with Crippen LogP contribution in [0.15, 0.2) is 22.7 Å². The number of nitrogens with zero attached hydrogens (tertiary/aromatic N) is 5. The molecule has 2 aromatic heterocycles. The van der Waals surface area contributed by atoms with E-state index in [-0.39, 0.29) is 29.5 Å². The van der Waals surface area contributed by atoms with Crippen molar-refractivity contribution in [3.63, 3.8) is 0 Å². The van der Waals surface area contributed by atoms with E-state index in [2.05, 4.69) is 20.6 Å². The van der Waals surface area contributed by atoms with E-state index in [1.165, 1.54) is 46.6 Å². The molecular weight excluding hydrogens is 480 g/mol. The van der Waals surface area contributed by atoms with Gasteiger partial charge in [0, 0.05) is 17.5 Å². The summed E-state index contributed by atoms with van der Waals surface area (Å²) in [7, 11) is 0. The molecule has 0 aromatic carbocycles. The number of aromatic nitrogens is 4. The lowest BCUT2D eigenvalue weighted by Gasteiger charge is -2.56. The van der Waals surface area contributed by atoms with Gasteiger partial charge >= 0.3 is 5.97 Å². The first-order chi connectivity index (χ1) is 14.9. The zero-order chi connectivity index (χ0) is 22.2. The first kappa shape index (κ1) is 22.4. The van der Waals surface area contributed by atoms with Gasteiger partial charge in [-0.3, -0.25) is 19.3 Å². The normalized spacial score (nSPS) is 26.1. The van der Waals surface area contributed by atoms with Crippen molar-refractivity contribution in [2.45, 2.75) is 28.7 Å². The Balaban J connectivity index is 1.55. The van der Waals surface area contributed by atoms with Gasteiger partial charge in [-0.1, -0.05) is 18.7 Å². The van der Waals surface area contributed by atoms with Crippen molar-refractivity contribution in [3.05, 3.63) is 17.5 Å². The van der Waals surface area contributed by atoms with Crippen LogP contribution in [-0.2, 0) is 14.4 Å². The number of aliphatic carboxylic acids is 1. The van der Waals surface area contributed by atoms with Crippen LogP contribution in [0.3, 0.4) is 0 Å². The summed E-state index contributed by atoms with van der Waals surface area (Å²) < 4.78 is 0. The number of carboxylic acid groups (broad SMARTS) is 1. The van der Waals surface area contributed by atoms with Crippen LogP contribution in [0.25, 0.3) is 0 Å². The number of carboxylic acids is 1. The van der Waals surface area contributed by atoms with E-state index in [0.29, 0.717) is 10.9 Å². The Labute approximate surface area is 194 Å². The van der Waals surface area contributed by atoms with Gasteiger partial charge in [-0.25, -0.2) is 0 Å². The third kappa shape index (κ3) is 3.94. The number of hydrogen-bond donors (Lipinski definition) is 2. The number of hydrogen-bond acceptors (Lipinski definition) is 10. The quantitative estimate of drug-likeness (QED) is 0.406. The SMILES string of the molecule is CSCC(=O)N(c1cccs1)C1C(=O)N2CC(C(=O)O)(C(C)Sc3nn[nH]n3)CS[C@H]12. The topological polar surface area (TPSA) is 132 Å². The van der Waals surface area contributed by atoms with Crippen molar-refractivity contribution in [1.29, 1.82) is 0 Å². The van der Waals surface area contributed by atoms with Crippen LogP contribution in [0.2, 0.25) is 0 Å². The molecule has 4 atom stereocenters. The number of thioether (sulfide) groups is 3. The first-order valence-electron chi connectivity index (χ1n) is 9.29. The van der Waals surface area contributed by atoms with Gasteiger partial charge in [0.05, 0.1) is 10.8 Å². The van der Waals surface area contributed by atoms with Gasteiger partial charge in [0.15, 0.2) is 0 Å². The van der Waals surface area contributed by atoms with Gasteiger partial charge in [0.2, 0.25) is 17.0 Å². The maximum absolute atomic E-state index is 13.2. The lowest BCUT2D eigenvalue weighted by molar-refractivity contribution is -0.157. The number of β-lactam (4-membered cyclic amide) rings is 1. The van der Waals surface area contributed by atoms with Crippen molar-refractivity contribution in [2.75, 3.05) is 29.2 Å². The van der Waals surface area contributed by atoms with E-state index in [1.54, 1.807) is 16.7 Å². The standard InChI is InChI=1S/C17H20N6O4S4/c1-9(31-16-18-20-21-19-16)17(15(26)27)7-22-13(25)12(14(22)30-8-17)23(10(24)6-28-2)11-4-3-5-29-11/h3-5,9,12,14H,6-8H2,1-2H3,(H,26,27)(H,18,19,20,21)/t9?,12?,14-,17?/m1/s1. The monoisotopic (exact) mass is 500 g/mol. The average Bonchev–Trinajstić information content (AvgIpc) is 3.45. The second-order valence-corrected chi connectivity index (χ2v) is 11.4. The largest absolute Gasteiger partial charge is 0.481 e. The summed E-state index contributed by atoms with van der Waals surface area (Å²) in [4.78, 5) is 41.5. The summed E-state index contributed by atoms with van der Waals surface area (Å²) in [6.45, 7) is 1.88. The van der Waals surface area contributed by atoms with Crippen LogP contribution < -0.4 is 4.90 Å². The summed E-state index contributed by atoms with van der Waals surface area (Å²) in [5, 5.41) is 26.1. The minimum absolute atomic E-state index is 0.0797. The molecule has 2 aromatic rings. The third-order valence-corrected chi connectivity index (χ3v) is 9.58. The van der Waals surface area contributed by atoms with Crippen LogP contribution in [0, 0.1) is 5.41 Å². The summed E-state index contributed by atoms with van der Waals surface area (Å²) in [6.07, 6.45) is 1.85. The van der Waals surface area contributed by atoms with Crippen LogP contribution in [-0.4, -0.2) is 89.4 Å². The zero-order valence-electron chi connectivity index (χ0n) is 16.6.